The molecule has 4 nitrogen and oxygen atoms in total. The van der Waals surface area contributed by atoms with Crippen LogP contribution in [0.4, 0.5) is 13.2 Å². The van der Waals surface area contributed by atoms with Crippen molar-refractivity contribution in [3.05, 3.63) is 0 Å². The van der Waals surface area contributed by atoms with Gasteiger partial charge in [0.1, 0.15) is 0 Å². The van der Waals surface area contributed by atoms with E-state index in [1.165, 1.54) is 6.92 Å². The maximum absolute atomic E-state index is 12.4. The molecule has 0 spiro atoms. The van der Waals surface area contributed by atoms with Gasteiger partial charge in [-0.25, -0.2) is 0 Å². The molecule has 1 aliphatic heterocycles. The van der Waals surface area contributed by atoms with E-state index >= 15 is 0 Å². The fourth-order valence-corrected chi connectivity index (χ4v) is 3.17. The highest BCUT2D eigenvalue weighted by Gasteiger charge is 2.44. The first-order chi connectivity index (χ1) is 9.72. The van der Waals surface area contributed by atoms with Crippen molar-refractivity contribution in [1.82, 2.24) is 9.80 Å². The standard InChI is InChI=1S/C14H23F3N2O2/c1-4-12(19(5-2)10(3)20)11-6-8-18(9-7-11)13(21)14(15,16)17/h11-12H,4-9H2,1-3H3. The number of hydrogen-bond donors (Lipinski definition) is 0. The molecule has 1 atom stereocenters. The van der Waals surface area contributed by atoms with Gasteiger partial charge in [-0.2, -0.15) is 13.2 Å². The van der Waals surface area contributed by atoms with Gasteiger partial charge in [-0.15, -0.1) is 0 Å². The molecule has 0 bridgehead atoms. The van der Waals surface area contributed by atoms with E-state index in [9.17, 15) is 22.8 Å². The van der Waals surface area contributed by atoms with Gasteiger partial charge in [0, 0.05) is 32.6 Å². The first kappa shape index (κ1) is 17.8. The molecule has 0 N–H and O–H groups in total. The Morgan fingerprint density at radius 3 is 2.10 bits per heavy atom. The maximum atomic E-state index is 12.4. The lowest BCUT2D eigenvalue weighted by atomic mass is 9.86. The van der Waals surface area contributed by atoms with Crippen LogP contribution in [0.5, 0.6) is 0 Å². The molecule has 1 heterocycles. The van der Waals surface area contributed by atoms with E-state index in [1.54, 1.807) is 4.90 Å². The number of hydrogen-bond acceptors (Lipinski definition) is 2. The van der Waals surface area contributed by atoms with Gasteiger partial charge in [-0.3, -0.25) is 9.59 Å². The third kappa shape index (κ3) is 4.35. The zero-order chi connectivity index (χ0) is 16.2. The van der Waals surface area contributed by atoms with Crippen LogP contribution in [0.2, 0.25) is 0 Å². The van der Waals surface area contributed by atoms with Crippen molar-refractivity contribution in [2.45, 2.75) is 52.3 Å². The molecular weight excluding hydrogens is 285 g/mol. The number of nitrogens with zero attached hydrogens (tertiary/aromatic N) is 2. The van der Waals surface area contributed by atoms with Gasteiger partial charge < -0.3 is 9.80 Å². The van der Waals surface area contributed by atoms with Crippen molar-refractivity contribution in [3.63, 3.8) is 0 Å². The van der Waals surface area contributed by atoms with Crippen LogP contribution in [0.25, 0.3) is 0 Å². The molecule has 1 fully saturated rings. The fraction of sp³-hybridized carbons (Fsp3) is 0.857. The second-order valence-corrected chi connectivity index (χ2v) is 5.41. The van der Waals surface area contributed by atoms with Gasteiger partial charge in [0.05, 0.1) is 0 Å². The molecule has 1 unspecified atom stereocenters. The highest BCUT2D eigenvalue weighted by molar-refractivity contribution is 5.81. The van der Waals surface area contributed by atoms with Crippen molar-refractivity contribution < 1.29 is 22.8 Å². The van der Waals surface area contributed by atoms with Crippen molar-refractivity contribution in [1.29, 1.82) is 0 Å². The summed E-state index contributed by atoms with van der Waals surface area (Å²) in [5.74, 6) is -1.62. The zero-order valence-electron chi connectivity index (χ0n) is 12.7. The molecule has 1 rings (SSSR count). The van der Waals surface area contributed by atoms with Crippen LogP contribution in [-0.2, 0) is 9.59 Å². The SMILES string of the molecule is CCC(C1CCN(C(=O)C(F)(F)F)CC1)N(CC)C(C)=O. The van der Waals surface area contributed by atoms with Crippen LogP contribution in [0.1, 0.15) is 40.0 Å². The Morgan fingerprint density at radius 2 is 1.76 bits per heavy atom. The second-order valence-electron chi connectivity index (χ2n) is 5.41. The molecular formula is C14H23F3N2O2. The van der Waals surface area contributed by atoms with Gasteiger partial charge in [0.15, 0.2) is 0 Å². The highest BCUT2D eigenvalue weighted by atomic mass is 19.4. The highest BCUT2D eigenvalue weighted by Crippen LogP contribution is 2.28. The Labute approximate surface area is 123 Å². The number of amides is 2. The summed E-state index contributed by atoms with van der Waals surface area (Å²) >= 11 is 0. The number of carbonyl (C=O) groups excluding carboxylic acids is 2. The number of halogens is 3. The maximum Gasteiger partial charge on any atom is 0.471 e. The molecule has 0 saturated carbocycles. The Bertz CT molecular complexity index is 377. The first-order valence-electron chi connectivity index (χ1n) is 7.35. The van der Waals surface area contributed by atoms with Crippen molar-refractivity contribution in [2.24, 2.45) is 5.92 Å². The average molecular weight is 308 g/mol. The molecule has 0 aromatic rings. The monoisotopic (exact) mass is 308 g/mol. The van der Waals surface area contributed by atoms with E-state index in [0.717, 1.165) is 11.3 Å². The van der Waals surface area contributed by atoms with Crippen LogP contribution in [0.15, 0.2) is 0 Å². The molecule has 122 valence electrons. The minimum absolute atomic E-state index is 0.0156. The summed E-state index contributed by atoms with van der Waals surface area (Å²) < 4.78 is 37.2. The Balaban J connectivity index is 2.66. The predicted octanol–water partition coefficient (Wildman–Crippen LogP) is 2.43. The smallest absolute Gasteiger partial charge is 0.340 e. The van der Waals surface area contributed by atoms with Crippen molar-refractivity contribution in [2.75, 3.05) is 19.6 Å². The van der Waals surface area contributed by atoms with Crippen LogP contribution in [-0.4, -0.2) is 53.5 Å². The van der Waals surface area contributed by atoms with E-state index in [1.807, 2.05) is 13.8 Å². The number of piperidine rings is 1. The molecule has 0 aromatic carbocycles. The summed E-state index contributed by atoms with van der Waals surface area (Å²) in [7, 11) is 0. The van der Waals surface area contributed by atoms with Gasteiger partial charge in [-0.05, 0) is 32.1 Å². The molecule has 1 saturated heterocycles. The fourth-order valence-electron chi connectivity index (χ4n) is 3.17. The third-order valence-corrected chi connectivity index (χ3v) is 4.18. The summed E-state index contributed by atoms with van der Waals surface area (Å²) in [5.41, 5.74) is 0. The summed E-state index contributed by atoms with van der Waals surface area (Å²) in [6.45, 7) is 6.18. The van der Waals surface area contributed by atoms with Crippen molar-refractivity contribution in [3.8, 4) is 0 Å². The minimum atomic E-state index is -4.80. The summed E-state index contributed by atoms with van der Waals surface area (Å²) in [6, 6.07) is 0.0376. The van der Waals surface area contributed by atoms with Crippen LogP contribution >= 0.6 is 0 Å². The van der Waals surface area contributed by atoms with E-state index in [-0.39, 0.29) is 31.0 Å². The second kappa shape index (κ2) is 7.13. The zero-order valence-corrected chi connectivity index (χ0v) is 12.7. The molecule has 2 amide bonds. The first-order valence-corrected chi connectivity index (χ1v) is 7.35. The minimum Gasteiger partial charge on any atom is -0.340 e. The Morgan fingerprint density at radius 1 is 1.24 bits per heavy atom. The molecule has 21 heavy (non-hydrogen) atoms. The van der Waals surface area contributed by atoms with E-state index < -0.39 is 12.1 Å². The average Bonchev–Trinajstić information content (AvgIpc) is 2.42. The lowest BCUT2D eigenvalue weighted by Gasteiger charge is -2.40. The third-order valence-electron chi connectivity index (χ3n) is 4.18. The topological polar surface area (TPSA) is 40.6 Å². The molecule has 0 aliphatic carbocycles. The van der Waals surface area contributed by atoms with Gasteiger partial charge in [-0.1, -0.05) is 6.92 Å². The largest absolute Gasteiger partial charge is 0.471 e. The lowest BCUT2D eigenvalue weighted by molar-refractivity contribution is -0.187. The van der Waals surface area contributed by atoms with Gasteiger partial charge >= 0.3 is 12.1 Å². The summed E-state index contributed by atoms with van der Waals surface area (Å²) in [5, 5.41) is 0. The van der Waals surface area contributed by atoms with Crippen LogP contribution in [0, 0.1) is 5.92 Å². The lowest BCUT2D eigenvalue weighted by Crippen LogP contribution is -2.50. The number of alkyl halides is 3. The van der Waals surface area contributed by atoms with Crippen LogP contribution < -0.4 is 0 Å². The van der Waals surface area contributed by atoms with E-state index in [0.29, 0.717) is 19.4 Å². The Hall–Kier alpha value is -1.27. The van der Waals surface area contributed by atoms with Gasteiger partial charge in [0.25, 0.3) is 0 Å². The quantitative estimate of drug-likeness (QED) is 0.800. The number of rotatable bonds is 4. The summed E-state index contributed by atoms with van der Waals surface area (Å²) in [6.07, 6.45) is -3.02. The van der Waals surface area contributed by atoms with Gasteiger partial charge in [0.2, 0.25) is 5.91 Å². The van der Waals surface area contributed by atoms with Crippen molar-refractivity contribution >= 4 is 11.8 Å². The normalized spacial score (nSPS) is 18.5. The predicted molar refractivity (Wildman–Crippen MR) is 72.5 cm³/mol. The molecule has 0 radical (unpaired) electrons. The number of carbonyl (C=O) groups is 2. The summed E-state index contributed by atoms with van der Waals surface area (Å²) in [4.78, 5) is 25.5. The Kier molecular flexibility index (Phi) is 6.04. The molecule has 7 heteroatoms. The molecule has 0 aromatic heterocycles. The van der Waals surface area contributed by atoms with E-state index in [4.69, 9.17) is 0 Å². The number of likely N-dealkylation sites (tertiary alicyclic amines) is 1. The van der Waals surface area contributed by atoms with Crippen LogP contribution in [0.3, 0.4) is 0 Å². The van der Waals surface area contributed by atoms with E-state index in [2.05, 4.69) is 0 Å². The molecule has 1 aliphatic rings.